The first-order valence-corrected chi connectivity index (χ1v) is 8.76. The van der Waals surface area contributed by atoms with Crippen molar-refractivity contribution in [3.05, 3.63) is 51.0 Å². The fraction of sp³-hybridized carbons (Fsp3) is 0.222. The minimum atomic E-state index is -0.431. The van der Waals surface area contributed by atoms with Crippen LogP contribution in [0.25, 0.3) is 21.3 Å². The Bertz CT molecular complexity index is 948. The van der Waals surface area contributed by atoms with Crippen molar-refractivity contribution in [3.63, 3.8) is 0 Å². The van der Waals surface area contributed by atoms with E-state index in [-0.39, 0.29) is 12.4 Å². The summed E-state index contributed by atoms with van der Waals surface area (Å²) in [5.74, 6) is -0.431. The third kappa shape index (κ3) is 2.59. The van der Waals surface area contributed by atoms with E-state index in [0.29, 0.717) is 16.3 Å². The number of benzene rings is 1. The van der Waals surface area contributed by atoms with Gasteiger partial charge in [-0.3, -0.25) is 4.79 Å². The van der Waals surface area contributed by atoms with E-state index in [2.05, 4.69) is 4.98 Å². The third-order valence-corrected chi connectivity index (χ3v) is 5.85. The number of rotatable bonds is 2. The van der Waals surface area contributed by atoms with Crippen LogP contribution in [-0.4, -0.2) is 10.9 Å². The second-order valence-electron chi connectivity index (χ2n) is 5.86. The zero-order valence-electron chi connectivity index (χ0n) is 13.1. The zero-order chi connectivity index (χ0) is 16.1. The van der Waals surface area contributed by atoms with Crippen LogP contribution in [0.4, 0.5) is 0 Å². The van der Waals surface area contributed by atoms with Gasteiger partial charge in [0.2, 0.25) is 0 Å². The predicted octanol–water partition coefficient (Wildman–Crippen LogP) is 4.93. The molecule has 0 bridgehead atoms. The van der Waals surface area contributed by atoms with Crippen LogP contribution in [0.3, 0.4) is 0 Å². The first-order chi connectivity index (χ1) is 11.1. The molecule has 2 aromatic heterocycles. The molecule has 3 aromatic rings. The Morgan fingerprint density at radius 1 is 1.25 bits per heavy atom. The molecule has 0 atom stereocenters. The van der Waals surface area contributed by atoms with Gasteiger partial charge in [0.05, 0.1) is 11.3 Å². The van der Waals surface area contributed by atoms with Gasteiger partial charge in [0.1, 0.15) is 4.83 Å². The quantitative estimate of drug-likeness (QED) is 0.686. The van der Waals surface area contributed by atoms with E-state index in [9.17, 15) is 4.79 Å². The van der Waals surface area contributed by atoms with E-state index in [1.165, 1.54) is 10.4 Å². The summed E-state index contributed by atoms with van der Waals surface area (Å²) in [4.78, 5) is 19.2. The Balaban J connectivity index is 0.00000169. The van der Waals surface area contributed by atoms with Crippen LogP contribution in [0.1, 0.15) is 32.9 Å². The van der Waals surface area contributed by atoms with E-state index in [1.54, 1.807) is 11.3 Å². The number of pyridine rings is 1. The second kappa shape index (κ2) is 6.36. The Kier molecular flexibility index (Phi) is 4.56. The van der Waals surface area contributed by atoms with Crippen molar-refractivity contribution in [2.75, 3.05) is 0 Å². The zero-order valence-corrected chi connectivity index (χ0v) is 15.4. The highest BCUT2D eigenvalue weighted by Gasteiger charge is 2.26. The van der Waals surface area contributed by atoms with Gasteiger partial charge < -0.3 is 5.73 Å². The van der Waals surface area contributed by atoms with Crippen LogP contribution in [0, 0.1) is 6.92 Å². The van der Waals surface area contributed by atoms with E-state index in [4.69, 9.17) is 17.3 Å². The summed E-state index contributed by atoms with van der Waals surface area (Å²) < 4.78 is 0. The minimum Gasteiger partial charge on any atom is -0.366 e. The number of carbonyl (C=O) groups is 1. The van der Waals surface area contributed by atoms with E-state index in [0.717, 1.165) is 40.6 Å². The second-order valence-corrected chi connectivity index (χ2v) is 7.38. The average molecular weight is 379 g/mol. The molecule has 0 unspecified atom stereocenters. The summed E-state index contributed by atoms with van der Waals surface area (Å²) in [7, 11) is 0. The number of halogens is 2. The Morgan fingerprint density at radius 2 is 1.96 bits per heavy atom. The Labute approximate surface area is 155 Å². The number of fused-ring (bicyclic) bond motifs is 3. The molecule has 1 aromatic carbocycles. The lowest BCUT2D eigenvalue weighted by Gasteiger charge is -2.13. The summed E-state index contributed by atoms with van der Waals surface area (Å²) in [5.41, 5.74) is 10.1. The molecule has 2 N–H and O–H groups in total. The maximum atomic E-state index is 12.1. The lowest BCUT2D eigenvalue weighted by Crippen LogP contribution is -2.15. The highest BCUT2D eigenvalue weighted by atomic mass is 35.5. The van der Waals surface area contributed by atoms with E-state index >= 15 is 0 Å². The first kappa shape index (κ1) is 17.2. The molecule has 1 aliphatic rings. The SMILES string of the molecule is Cc1nc2sc3c(c2c(-c2ccc(Cl)cc2)c1C(N)=O)CCC3.Cl. The predicted molar refractivity (Wildman–Crippen MR) is 103 cm³/mol. The topological polar surface area (TPSA) is 56.0 Å². The van der Waals surface area contributed by atoms with Crippen molar-refractivity contribution < 1.29 is 4.79 Å². The molecule has 1 amide bonds. The summed E-state index contributed by atoms with van der Waals surface area (Å²) in [5, 5.41) is 1.77. The van der Waals surface area contributed by atoms with Crippen LogP contribution in [-0.2, 0) is 12.8 Å². The number of primary amides is 1. The molecule has 6 heteroatoms. The first-order valence-electron chi connectivity index (χ1n) is 7.57. The van der Waals surface area contributed by atoms with Gasteiger partial charge in [0.15, 0.2) is 0 Å². The van der Waals surface area contributed by atoms with Crippen LogP contribution in [0.2, 0.25) is 5.02 Å². The Hall–Kier alpha value is -1.62. The number of hydrogen-bond donors (Lipinski definition) is 1. The molecule has 0 saturated heterocycles. The van der Waals surface area contributed by atoms with Gasteiger partial charge >= 0.3 is 0 Å². The van der Waals surface area contributed by atoms with Gasteiger partial charge in [-0.2, -0.15) is 0 Å². The smallest absolute Gasteiger partial charge is 0.251 e. The minimum absolute atomic E-state index is 0. The molecule has 24 heavy (non-hydrogen) atoms. The molecule has 3 nitrogen and oxygen atoms in total. The van der Waals surface area contributed by atoms with Crippen LogP contribution < -0.4 is 5.73 Å². The van der Waals surface area contributed by atoms with Gasteiger partial charge in [0, 0.05) is 20.8 Å². The molecular formula is C18H16Cl2N2OS. The number of aryl methyl sites for hydroxylation is 3. The number of nitrogens with zero attached hydrogens (tertiary/aromatic N) is 1. The van der Waals surface area contributed by atoms with Crippen molar-refractivity contribution in [1.82, 2.24) is 4.98 Å². The molecule has 0 spiro atoms. The highest BCUT2D eigenvalue weighted by molar-refractivity contribution is 7.19. The van der Waals surface area contributed by atoms with Crippen LogP contribution >= 0.6 is 35.3 Å². The normalized spacial score (nSPS) is 12.9. The molecule has 4 rings (SSSR count). The number of amides is 1. The van der Waals surface area contributed by atoms with Gasteiger partial charge in [-0.15, -0.1) is 23.7 Å². The molecule has 0 fully saturated rings. The fourth-order valence-corrected chi connectivity index (χ4v) is 4.89. The maximum Gasteiger partial charge on any atom is 0.251 e. The standard InChI is InChI=1S/C18H15ClN2OS.ClH/c1-9-14(17(20)22)15(10-5-7-11(19)8-6-10)16-12-3-2-4-13(12)23-18(16)21-9;/h5-8H,2-4H2,1H3,(H2,20,22);1H. The molecule has 2 heterocycles. The number of nitrogens with two attached hydrogens (primary N) is 1. The summed E-state index contributed by atoms with van der Waals surface area (Å²) in [6, 6.07) is 7.58. The maximum absolute atomic E-state index is 12.1. The summed E-state index contributed by atoms with van der Waals surface area (Å²) >= 11 is 7.77. The summed E-state index contributed by atoms with van der Waals surface area (Å²) in [6.45, 7) is 1.85. The van der Waals surface area contributed by atoms with E-state index in [1.807, 2.05) is 31.2 Å². The monoisotopic (exact) mass is 378 g/mol. The Morgan fingerprint density at radius 3 is 2.62 bits per heavy atom. The molecule has 0 radical (unpaired) electrons. The van der Waals surface area contributed by atoms with Crippen molar-refractivity contribution >= 4 is 51.5 Å². The van der Waals surface area contributed by atoms with Gasteiger partial charge in [-0.05, 0) is 49.4 Å². The van der Waals surface area contributed by atoms with Gasteiger partial charge in [-0.25, -0.2) is 4.98 Å². The number of aromatic nitrogens is 1. The third-order valence-electron chi connectivity index (χ3n) is 4.41. The molecule has 0 saturated carbocycles. The van der Waals surface area contributed by atoms with Crippen molar-refractivity contribution in [2.24, 2.45) is 5.73 Å². The number of hydrogen-bond acceptors (Lipinski definition) is 3. The van der Waals surface area contributed by atoms with Gasteiger partial charge in [-0.1, -0.05) is 23.7 Å². The van der Waals surface area contributed by atoms with Crippen molar-refractivity contribution in [1.29, 1.82) is 0 Å². The van der Waals surface area contributed by atoms with Crippen molar-refractivity contribution in [3.8, 4) is 11.1 Å². The largest absolute Gasteiger partial charge is 0.366 e. The average Bonchev–Trinajstić information content (AvgIpc) is 3.06. The molecule has 1 aliphatic carbocycles. The lowest BCUT2D eigenvalue weighted by molar-refractivity contribution is 0.1000. The van der Waals surface area contributed by atoms with Crippen LogP contribution in [0.5, 0.6) is 0 Å². The molecule has 0 aliphatic heterocycles. The molecule has 124 valence electrons. The van der Waals surface area contributed by atoms with Crippen molar-refractivity contribution in [2.45, 2.75) is 26.2 Å². The van der Waals surface area contributed by atoms with E-state index < -0.39 is 5.91 Å². The van der Waals surface area contributed by atoms with Crippen LogP contribution in [0.15, 0.2) is 24.3 Å². The highest BCUT2D eigenvalue weighted by Crippen LogP contribution is 2.43. The fourth-order valence-electron chi connectivity index (χ4n) is 3.45. The molecular weight excluding hydrogens is 363 g/mol. The lowest BCUT2D eigenvalue weighted by atomic mass is 9.93. The van der Waals surface area contributed by atoms with Gasteiger partial charge in [0.25, 0.3) is 5.91 Å². The number of carbonyl (C=O) groups excluding carboxylic acids is 1. The number of thiophene rings is 1. The summed E-state index contributed by atoms with van der Waals surface area (Å²) in [6.07, 6.45) is 3.30.